The Morgan fingerprint density at radius 2 is 1.88 bits per heavy atom. The lowest BCUT2D eigenvalue weighted by atomic mass is 10.1. The fraction of sp³-hybridized carbons (Fsp3) is 0.158. The second kappa shape index (κ2) is 7.18. The van der Waals surface area contributed by atoms with Gasteiger partial charge >= 0.3 is 5.97 Å². The number of para-hydroxylation sites is 1. The van der Waals surface area contributed by atoms with E-state index in [1.165, 1.54) is 13.8 Å². The number of nitrogens with zero attached hydrogens (tertiary/aromatic N) is 1. The van der Waals surface area contributed by atoms with Crippen LogP contribution in [-0.4, -0.2) is 34.0 Å². The molecule has 3 aromatic rings. The lowest BCUT2D eigenvalue weighted by molar-refractivity contribution is -0.123. The van der Waals surface area contributed by atoms with Gasteiger partial charge in [-0.15, -0.1) is 0 Å². The van der Waals surface area contributed by atoms with Crippen LogP contribution < -0.4 is 5.32 Å². The predicted molar refractivity (Wildman–Crippen MR) is 96.0 cm³/mol. The van der Waals surface area contributed by atoms with Gasteiger partial charge in [-0.25, -0.2) is 4.79 Å². The highest BCUT2D eigenvalue weighted by atomic mass is 16.5. The molecule has 0 bridgehead atoms. The molecule has 7 heteroatoms. The zero-order valence-electron chi connectivity index (χ0n) is 14.3. The number of benzene rings is 2. The van der Waals surface area contributed by atoms with Gasteiger partial charge in [-0.3, -0.25) is 14.7 Å². The van der Waals surface area contributed by atoms with Gasteiger partial charge in [-0.1, -0.05) is 30.3 Å². The Hall–Kier alpha value is -3.48. The van der Waals surface area contributed by atoms with Crippen LogP contribution in [0.1, 0.15) is 34.7 Å². The van der Waals surface area contributed by atoms with Crippen molar-refractivity contribution in [3.8, 4) is 0 Å². The SMILES string of the molecule is CC(=O)c1cccc(NC(=O)[C@@H](C)OC(=O)c2n[nH]c3ccccc23)c1. The molecule has 1 atom stereocenters. The Bertz CT molecular complexity index is 993. The molecular formula is C19H17N3O4. The first kappa shape index (κ1) is 17.3. The van der Waals surface area contributed by atoms with Crippen LogP contribution in [0.2, 0.25) is 0 Å². The third-order valence-corrected chi connectivity index (χ3v) is 3.85. The van der Waals surface area contributed by atoms with E-state index in [4.69, 9.17) is 4.74 Å². The third-order valence-electron chi connectivity index (χ3n) is 3.85. The molecule has 26 heavy (non-hydrogen) atoms. The van der Waals surface area contributed by atoms with E-state index in [9.17, 15) is 14.4 Å². The van der Waals surface area contributed by atoms with E-state index in [1.54, 1.807) is 42.5 Å². The average molecular weight is 351 g/mol. The van der Waals surface area contributed by atoms with Gasteiger partial charge in [0.2, 0.25) is 0 Å². The number of Topliss-reactive ketones (excluding diaryl/α,β-unsaturated/α-hetero) is 1. The maximum Gasteiger partial charge on any atom is 0.360 e. The molecule has 0 saturated carbocycles. The minimum absolute atomic E-state index is 0.106. The Kier molecular flexibility index (Phi) is 4.79. The van der Waals surface area contributed by atoms with Crippen LogP contribution in [0.25, 0.3) is 10.9 Å². The van der Waals surface area contributed by atoms with E-state index >= 15 is 0 Å². The number of hydrogen-bond acceptors (Lipinski definition) is 5. The number of nitrogens with one attached hydrogen (secondary N) is 2. The molecule has 0 unspecified atom stereocenters. The van der Waals surface area contributed by atoms with Crippen LogP contribution in [0, 0.1) is 0 Å². The molecule has 0 aliphatic carbocycles. The molecule has 3 rings (SSSR count). The highest BCUT2D eigenvalue weighted by Crippen LogP contribution is 2.17. The summed E-state index contributed by atoms with van der Waals surface area (Å²) in [7, 11) is 0. The van der Waals surface area contributed by atoms with Crippen LogP contribution in [0.15, 0.2) is 48.5 Å². The average Bonchev–Trinajstić information content (AvgIpc) is 3.06. The number of amides is 1. The van der Waals surface area contributed by atoms with Gasteiger partial charge in [-0.2, -0.15) is 5.10 Å². The Morgan fingerprint density at radius 1 is 1.12 bits per heavy atom. The summed E-state index contributed by atoms with van der Waals surface area (Å²) in [4.78, 5) is 36.0. The molecule has 0 radical (unpaired) electrons. The van der Waals surface area contributed by atoms with Gasteiger partial charge in [0.15, 0.2) is 17.6 Å². The molecule has 2 N–H and O–H groups in total. The smallest absolute Gasteiger partial charge is 0.360 e. The summed E-state index contributed by atoms with van der Waals surface area (Å²) in [6.45, 7) is 2.91. The number of ether oxygens (including phenoxy) is 1. The first-order valence-electron chi connectivity index (χ1n) is 8.01. The second-order valence-corrected chi connectivity index (χ2v) is 5.79. The van der Waals surface area contributed by atoms with Crippen LogP contribution >= 0.6 is 0 Å². The van der Waals surface area contributed by atoms with Gasteiger partial charge in [0.25, 0.3) is 5.91 Å². The van der Waals surface area contributed by atoms with E-state index < -0.39 is 18.0 Å². The van der Waals surface area contributed by atoms with E-state index in [0.717, 1.165) is 0 Å². The number of H-pyrrole nitrogens is 1. The number of carbonyl (C=O) groups excluding carboxylic acids is 3. The zero-order valence-corrected chi connectivity index (χ0v) is 14.3. The number of hydrogen-bond donors (Lipinski definition) is 2. The van der Waals surface area contributed by atoms with Crippen molar-refractivity contribution < 1.29 is 19.1 Å². The molecule has 1 amide bonds. The molecule has 0 spiro atoms. The van der Waals surface area contributed by atoms with E-state index in [1.807, 2.05) is 6.07 Å². The normalized spacial score (nSPS) is 11.8. The number of rotatable bonds is 5. The fourth-order valence-electron chi connectivity index (χ4n) is 2.45. The fourth-order valence-corrected chi connectivity index (χ4v) is 2.45. The predicted octanol–water partition coefficient (Wildman–Crippen LogP) is 2.95. The Labute approximate surface area is 149 Å². The van der Waals surface area contributed by atoms with Crippen molar-refractivity contribution in [1.82, 2.24) is 10.2 Å². The van der Waals surface area contributed by atoms with Gasteiger partial charge in [0, 0.05) is 16.6 Å². The van der Waals surface area contributed by atoms with Crippen molar-refractivity contribution in [2.24, 2.45) is 0 Å². The molecule has 2 aromatic carbocycles. The molecule has 1 heterocycles. The lowest BCUT2D eigenvalue weighted by Crippen LogP contribution is -2.30. The summed E-state index contributed by atoms with van der Waals surface area (Å²) in [5.41, 5.74) is 1.77. The number of anilines is 1. The van der Waals surface area contributed by atoms with Gasteiger partial charge in [-0.05, 0) is 32.0 Å². The molecule has 132 valence electrons. The molecule has 0 aliphatic heterocycles. The lowest BCUT2D eigenvalue weighted by Gasteiger charge is -2.13. The number of aromatic nitrogens is 2. The molecule has 0 saturated heterocycles. The topological polar surface area (TPSA) is 101 Å². The minimum atomic E-state index is -1.03. The quantitative estimate of drug-likeness (QED) is 0.544. The van der Waals surface area contributed by atoms with E-state index in [-0.39, 0.29) is 11.5 Å². The second-order valence-electron chi connectivity index (χ2n) is 5.79. The molecular weight excluding hydrogens is 334 g/mol. The summed E-state index contributed by atoms with van der Waals surface area (Å²) < 4.78 is 5.21. The summed E-state index contributed by atoms with van der Waals surface area (Å²) >= 11 is 0. The monoisotopic (exact) mass is 351 g/mol. The molecule has 0 fully saturated rings. The van der Waals surface area contributed by atoms with Gasteiger partial charge < -0.3 is 10.1 Å². The maximum absolute atomic E-state index is 12.3. The van der Waals surface area contributed by atoms with Gasteiger partial charge in [0.1, 0.15) is 0 Å². The molecule has 7 nitrogen and oxygen atoms in total. The molecule has 0 aliphatic rings. The standard InChI is InChI=1S/C19H17N3O4/c1-11(23)13-6-5-7-14(10-13)20-18(24)12(2)26-19(25)17-15-8-3-4-9-16(15)21-22-17/h3-10,12H,1-2H3,(H,20,24)(H,21,22)/t12-/m1/s1. The summed E-state index contributed by atoms with van der Waals surface area (Å²) in [6, 6.07) is 13.7. The van der Waals surface area contributed by atoms with Crippen LogP contribution in [0.3, 0.4) is 0 Å². The number of aromatic amines is 1. The number of carbonyl (C=O) groups is 3. The van der Waals surface area contributed by atoms with Crippen molar-refractivity contribution in [2.45, 2.75) is 20.0 Å². The van der Waals surface area contributed by atoms with Crippen LogP contribution in [0.5, 0.6) is 0 Å². The summed E-state index contributed by atoms with van der Waals surface area (Å²) in [6.07, 6.45) is -1.03. The largest absolute Gasteiger partial charge is 0.448 e. The zero-order chi connectivity index (χ0) is 18.7. The van der Waals surface area contributed by atoms with Crippen molar-refractivity contribution in [1.29, 1.82) is 0 Å². The van der Waals surface area contributed by atoms with Crippen molar-refractivity contribution in [2.75, 3.05) is 5.32 Å². The van der Waals surface area contributed by atoms with Crippen LogP contribution in [-0.2, 0) is 9.53 Å². The van der Waals surface area contributed by atoms with Crippen molar-refractivity contribution in [3.63, 3.8) is 0 Å². The molecule has 1 aromatic heterocycles. The van der Waals surface area contributed by atoms with Crippen molar-refractivity contribution in [3.05, 3.63) is 59.8 Å². The van der Waals surface area contributed by atoms with E-state index in [2.05, 4.69) is 15.5 Å². The van der Waals surface area contributed by atoms with Crippen LogP contribution in [0.4, 0.5) is 5.69 Å². The number of ketones is 1. The number of fused-ring (bicyclic) bond motifs is 1. The Morgan fingerprint density at radius 3 is 2.65 bits per heavy atom. The maximum atomic E-state index is 12.3. The summed E-state index contributed by atoms with van der Waals surface area (Å²) in [5, 5.41) is 9.95. The first-order valence-corrected chi connectivity index (χ1v) is 8.01. The number of esters is 1. The highest BCUT2D eigenvalue weighted by Gasteiger charge is 2.22. The third kappa shape index (κ3) is 3.61. The minimum Gasteiger partial charge on any atom is -0.448 e. The first-order chi connectivity index (χ1) is 12.5. The van der Waals surface area contributed by atoms with Crippen molar-refractivity contribution >= 4 is 34.3 Å². The highest BCUT2D eigenvalue weighted by molar-refractivity contribution is 6.03. The van der Waals surface area contributed by atoms with Gasteiger partial charge in [0.05, 0.1) is 5.52 Å². The Balaban J connectivity index is 1.68. The summed E-state index contributed by atoms with van der Waals surface area (Å²) in [5.74, 6) is -1.30. The van der Waals surface area contributed by atoms with E-state index in [0.29, 0.717) is 22.2 Å².